The van der Waals surface area contributed by atoms with Crippen LogP contribution in [-0.2, 0) is 14.8 Å². The van der Waals surface area contributed by atoms with Crippen molar-refractivity contribution < 1.29 is 22.7 Å². The molecule has 1 saturated heterocycles. The van der Waals surface area contributed by atoms with Crippen LogP contribution in [0.15, 0.2) is 47.4 Å². The second-order valence-corrected chi connectivity index (χ2v) is 8.36. The Labute approximate surface area is 167 Å². The third kappa shape index (κ3) is 4.27. The van der Waals surface area contributed by atoms with E-state index in [1.807, 2.05) is 0 Å². The highest BCUT2D eigenvalue weighted by atomic mass is 35.5. The summed E-state index contributed by atoms with van der Waals surface area (Å²) in [7, 11) is -2.40. The van der Waals surface area contributed by atoms with Gasteiger partial charge in [0, 0.05) is 24.3 Å². The predicted molar refractivity (Wildman–Crippen MR) is 104 cm³/mol. The van der Waals surface area contributed by atoms with E-state index in [0.29, 0.717) is 16.5 Å². The Hall–Kier alpha value is -2.62. The number of carbonyl (C=O) groups is 2. The zero-order valence-corrected chi connectivity index (χ0v) is 16.5. The Morgan fingerprint density at radius 2 is 2.04 bits per heavy atom. The van der Waals surface area contributed by atoms with Gasteiger partial charge in [-0.15, -0.1) is 0 Å². The number of benzene rings is 2. The Balaban J connectivity index is 1.81. The maximum atomic E-state index is 12.8. The maximum Gasteiger partial charge on any atom is 0.255 e. The molecular formula is C18H18ClN3O5S. The zero-order chi connectivity index (χ0) is 20.3. The molecular weight excluding hydrogens is 406 g/mol. The van der Waals surface area contributed by atoms with Crippen LogP contribution in [0.25, 0.3) is 0 Å². The fraction of sp³-hybridized carbons (Fsp3) is 0.222. The van der Waals surface area contributed by atoms with Crippen LogP contribution in [0.3, 0.4) is 0 Å². The van der Waals surface area contributed by atoms with Gasteiger partial charge in [-0.1, -0.05) is 17.7 Å². The van der Waals surface area contributed by atoms with Crippen molar-refractivity contribution in [2.45, 2.75) is 4.90 Å². The number of methoxy groups -OCH3 is 1. The summed E-state index contributed by atoms with van der Waals surface area (Å²) in [6.45, 7) is 0.175. The number of halogens is 1. The highest BCUT2D eigenvalue weighted by molar-refractivity contribution is 7.89. The van der Waals surface area contributed by atoms with Crippen molar-refractivity contribution in [3.05, 3.63) is 53.1 Å². The van der Waals surface area contributed by atoms with E-state index in [2.05, 4.69) is 10.6 Å². The number of ether oxygens (including phenoxy) is 1. The number of nitrogens with zero attached hydrogens (tertiary/aromatic N) is 1. The lowest BCUT2D eigenvalue weighted by Crippen LogP contribution is -2.49. The van der Waals surface area contributed by atoms with Crippen molar-refractivity contribution in [3.63, 3.8) is 0 Å². The molecule has 148 valence electrons. The average Bonchev–Trinajstić information content (AvgIpc) is 2.68. The lowest BCUT2D eigenvalue weighted by Gasteiger charge is -2.26. The monoisotopic (exact) mass is 423 g/mol. The predicted octanol–water partition coefficient (Wildman–Crippen LogP) is 1.72. The summed E-state index contributed by atoms with van der Waals surface area (Å²) in [5.41, 5.74) is 0.603. The molecule has 0 unspecified atom stereocenters. The standard InChI is InChI=1S/C18H18ClN3O5S/c1-27-16-6-5-13(10-15(16)19)21-18(24)12-3-2-4-14(9-12)28(25,26)22-8-7-20-17(23)11-22/h2-6,9-10H,7-8,11H2,1H3,(H,20,23)(H,21,24). The number of sulfonamides is 1. The van der Waals surface area contributed by atoms with E-state index in [9.17, 15) is 18.0 Å². The van der Waals surface area contributed by atoms with E-state index in [1.54, 1.807) is 12.1 Å². The highest BCUT2D eigenvalue weighted by Crippen LogP contribution is 2.27. The first-order valence-corrected chi connectivity index (χ1v) is 10.1. The van der Waals surface area contributed by atoms with E-state index >= 15 is 0 Å². The molecule has 1 fully saturated rings. The number of carbonyl (C=O) groups excluding carboxylic acids is 2. The largest absolute Gasteiger partial charge is 0.495 e. The van der Waals surface area contributed by atoms with Crippen molar-refractivity contribution in [2.24, 2.45) is 0 Å². The van der Waals surface area contributed by atoms with E-state index in [0.717, 1.165) is 4.31 Å². The molecule has 0 radical (unpaired) electrons. The molecule has 2 N–H and O–H groups in total. The van der Waals surface area contributed by atoms with E-state index in [-0.39, 0.29) is 36.0 Å². The van der Waals surface area contributed by atoms with Crippen molar-refractivity contribution >= 4 is 39.1 Å². The van der Waals surface area contributed by atoms with Gasteiger partial charge in [0.1, 0.15) is 5.75 Å². The van der Waals surface area contributed by atoms with Gasteiger partial charge in [0.15, 0.2) is 0 Å². The molecule has 0 atom stereocenters. The molecule has 2 aromatic rings. The third-order valence-electron chi connectivity index (χ3n) is 4.15. The first kappa shape index (κ1) is 20.1. The number of piperazine rings is 1. The molecule has 0 bridgehead atoms. The molecule has 3 rings (SSSR count). The van der Waals surface area contributed by atoms with Gasteiger partial charge in [-0.2, -0.15) is 4.31 Å². The average molecular weight is 424 g/mol. The van der Waals surface area contributed by atoms with Crippen LogP contribution in [-0.4, -0.2) is 51.3 Å². The Bertz CT molecular complexity index is 1030. The van der Waals surface area contributed by atoms with Crippen LogP contribution in [0.4, 0.5) is 5.69 Å². The van der Waals surface area contributed by atoms with Gasteiger partial charge in [-0.3, -0.25) is 9.59 Å². The minimum atomic E-state index is -3.88. The fourth-order valence-corrected chi connectivity index (χ4v) is 4.42. The smallest absolute Gasteiger partial charge is 0.255 e. The molecule has 0 saturated carbocycles. The van der Waals surface area contributed by atoms with Crippen molar-refractivity contribution in [1.29, 1.82) is 0 Å². The quantitative estimate of drug-likeness (QED) is 0.761. The van der Waals surface area contributed by atoms with Gasteiger partial charge in [0.25, 0.3) is 5.91 Å². The summed E-state index contributed by atoms with van der Waals surface area (Å²) >= 11 is 6.05. The normalized spacial score (nSPS) is 15.0. The van der Waals surface area contributed by atoms with E-state index in [4.69, 9.17) is 16.3 Å². The lowest BCUT2D eigenvalue weighted by atomic mass is 10.2. The van der Waals surface area contributed by atoms with Gasteiger partial charge in [0.2, 0.25) is 15.9 Å². The first-order valence-electron chi connectivity index (χ1n) is 8.33. The number of hydrogen-bond acceptors (Lipinski definition) is 5. The van der Waals surface area contributed by atoms with Crippen molar-refractivity contribution in [1.82, 2.24) is 9.62 Å². The minimum Gasteiger partial charge on any atom is -0.495 e. The summed E-state index contributed by atoms with van der Waals surface area (Å²) in [5.74, 6) is -0.381. The number of rotatable bonds is 5. The minimum absolute atomic E-state index is 0.0531. The van der Waals surface area contributed by atoms with Gasteiger partial charge in [-0.05, 0) is 36.4 Å². The number of hydrogen-bond donors (Lipinski definition) is 2. The fourth-order valence-electron chi connectivity index (χ4n) is 2.71. The van der Waals surface area contributed by atoms with Crippen LogP contribution >= 0.6 is 11.6 Å². The summed E-state index contributed by atoms with van der Waals surface area (Å²) < 4.78 is 31.7. The molecule has 0 aliphatic carbocycles. The summed E-state index contributed by atoms with van der Waals surface area (Å²) in [4.78, 5) is 24.0. The van der Waals surface area contributed by atoms with Crippen LogP contribution < -0.4 is 15.4 Å². The van der Waals surface area contributed by atoms with Crippen LogP contribution in [0.2, 0.25) is 5.02 Å². The molecule has 10 heteroatoms. The van der Waals surface area contributed by atoms with Crippen molar-refractivity contribution in [3.8, 4) is 5.75 Å². The highest BCUT2D eigenvalue weighted by Gasteiger charge is 2.29. The Kier molecular flexibility index (Phi) is 5.87. The molecule has 2 amide bonds. The SMILES string of the molecule is COc1ccc(NC(=O)c2cccc(S(=O)(=O)N3CCNC(=O)C3)c2)cc1Cl. The zero-order valence-electron chi connectivity index (χ0n) is 14.9. The van der Waals surface area contributed by atoms with E-state index in [1.165, 1.54) is 37.4 Å². The molecule has 1 heterocycles. The maximum absolute atomic E-state index is 12.8. The molecule has 0 aromatic heterocycles. The summed E-state index contributed by atoms with van der Waals surface area (Å²) in [6, 6.07) is 10.4. The Morgan fingerprint density at radius 3 is 2.71 bits per heavy atom. The van der Waals surface area contributed by atoms with Crippen LogP contribution in [0, 0.1) is 0 Å². The second kappa shape index (κ2) is 8.17. The van der Waals surface area contributed by atoms with Crippen LogP contribution in [0.1, 0.15) is 10.4 Å². The van der Waals surface area contributed by atoms with Gasteiger partial charge in [-0.25, -0.2) is 8.42 Å². The number of amides is 2. The topological polar surface area (TPSA) is 105 Å². The number of anilines is 1. The van der Waals surface area contributed by atoms with Gasteiger partial charge < -0.3 is 15.4 Å². The van der Waals surface area contributed by atoms with Gasteiger partial charge in [0.05, 0.1) is 23.6 Å². The van der Waals surface area contributed by atoms with E-state index < -0.39 is 15.9 Å². The molecule has 1 aliphatic heterocycles. The molecule has 2 aromatic carbocycles. The molecule has 1 aliphatic rings. The van der Waals surface area contributed by atoms with Gasteiger partial charge >= 0.3 is 0 Å². The Morgan fingerprint density at radius 1 is 1.25 bits per heavy atom. The third-order valence-corrected chi connectivity index (χ3v) is 6.28. The first-order chi connectivity index (χ1) is 13.3. The number of nitrogens with one attached hydrogen (secondary N) is 2. The van der Waals surface area contributed by atoms with Crippen LogP contribution in [0.5, 0.6) is 5.75 Å². The van der Waals surface area contributed by atoms with Crippen molar-refractivity contribution in [2.75, 3.05) is 32.1 Å². The second-order valence-electron chi connectivity index (χ2n) is 6.02. The molecule has 8 nitrogen and oxygen atoms in total. The summed E-state index contributed by atoms with van der Waals surface area (Å²) in [5, 5.41) is 5.57. The summed E-state index contributed by atoms with van der Waals surface area (Å²) in [6.07, 6.45) is 0. The molecule has 28 heavy (non-hydrogen) atoms. The molecule has 0 spiro atoms. The lowest BCUT2D eigenvalue weighted by molar-refractivity contribution is -0.122.